The molecule has 0 saturated carbocycles. The first-order chi connectivity index (χ1) is 11.6. The summed E-state index contributed by atoms with van der Waals surface area (Å²) in [6.07, 6.45) is 1.66. The maximum Gasteiger partial charge on any atom is 0.263 e. The second-order valence-corrected chi connectivity index (χ2v) is 7.99. The molecule has 0 saturated heterocycles. The van der Waals surface area contributed by atoms with Gasteiger partial charge in [-0.1, -0.05) is 24.3 Å². The minimum absolute atomic E-state index is 0.0329. The molecule has 120 valence electrons. The van der Waals surface area contributed by atoms with E-state index in [9.17, 15) is 4.79 Å². The number of aromatic nitrogens is 2. The summed E-state index contributed by atoms with van der Waals surface area (Å²) in [7, 11) is 0. The van der Waals surface area contributed by atoms with Gasteiger partial charge in [0.25, 0.3) is 5.56 Å². The lowest BCUT2D eigenvalue weighted by atomic mass is 10.1. The molecule has 4 rings (SSSR count). The molecule has 0 fully saturated rings. The molecule has 0 atom stereocenters. The van der Waals surface area contributed by atoms with Crippen LogP contribution in [-0.2, 0) is 6.54 Å². The van der Waals surface area contributed by atoms with Crippen LogP contribution in [0.3, 0.4) is 0 Å². The molecule has 0 aliphatic carbocycles. The fourth-order valence-corrected chi connectivity index (χ4v) is 4.67. The van der Waals surface area contributed by atoms with Gasteiger partial charge >= 0.3 is 0 Å². The normalized spacial score (nSPS) is 11.2. The first-order valence-corrected chi connectivity index (χ1v) is 9.41. The summed E-state index contributed by atoms with van der Waals surface area (Å²) in [5.41, 5.74) is 3.36. The lowest BCUT2D eigenvalue weighted by Gasteiger charge is -2.08. The largest absolute Gasteiger partial charge is 0.294 e. The topological polar surface area (TPSA) is 34.9 Å². The minimum atomic E-state index is 0.0329. The predicted octanol–water partition coefficient (Wildman–Crippen LogP) is 4.85. The van der Waals surface area contributed by atoms with Crippen molar-refractivity contribution in [2.24, 2.45) is 0 Å². The van der Waals surface area contributed by atoms with E-state index in [0.29, 0.717) is 6.54 Å². The third kappa shape index (κ3) is 2.60. The standard InChI is InChI=1S/C19H16N2OS2/c1-12-5-3-4-6-14(12)9-21-11-20-18-17(19(21)22)15(10-23-18)16-8-7-13(2)24-16/h3-8,10-11H,9H2,1-2H3. The number of hydrogen-bond donors (Lipinski definition) is 0. The summed E-state index contributed by atoms with van der Waals surface area (Å²) in [6, 6.07) is 12.3. The van der Waals surface area contributed by atoms with Crippen molar-refractivity contribution in [2.75, 3.05) is 0 Å². The van der Waals surface area contributed by atoms with E-state index in [1.165, 1.54) is 21.8 Å². The average molecular weight is 352 g/mol. The van der Waals surface area contributed by atoms with Crippen LogP contribution in [-0.4, -0.2) is 9.55 Å². The van der Waals surface area contributed by atoms with Crippen molar-refractivity contribution in [3.63, 3.8) is 0 Å². The molecule has 0 aliphatic heterocycles. The SMILES string of the molecule is Cc1ccc(-c2csc3ncn(Cc4ccccc4C)c(=O)c23)s1. The highest BCUT2D eigenvalue weighted by Gasteiger charge is 2.14. The fourth-order valence-electron chi connectivity index (χ4n) is 2.81. The molecule has 0 amide bonds. The molecule has 0 spiro atoms. The van der Waals surface area contributed by atoms with Crippen LogP contribution in [0, 0.1) is 13.8 Å². The van der Waals surface area contributed by atoms with Crippen LogP contribution in [0.2, 0.25) is 0 Å². The Balaban J connectivity index is 1.86. The van der Waals surface area contributed by atoms with Gasteiger partial charge in [0.1, 0.15) is 4.83 Å². The quantitative estimate of drug-likeness (QED) is 0.528. The van der Waals surface area contributed by atoms with Gasteiger partial charge in [-0.05, 0) is 37.1 Å². The number of fused-ring (bicyclic) bond motifs is 1. The first kappa shape index (κ1) is 15.3. The van der Waals surface area contributed by atoms with Crippen LogP contribution in [0.25, 0.3) is 20.7 Å². The zero-order chi connectivity index (χ0) is 16.7. The van der Waals surface area contributed by atoms with Gasteiger partial charge in [-0.25, -0.2) is 4.98 Å². The van der Waals surface area contributed by atoms with E-state index in [1.54, 1.807) is 22.2 Å². The van der Waals surface area contributed by atoms with E-state index in [1.807, 2.05) is 17.5 Å². The smallest absolute Gasteiger partial charge is 0.263 e. The fraction of sp³-hybridized carbons (Fsp3) is 0.158. The van der Waals surface area contributed by atoms with E-state index in [4.69, 9.17) is 0 Å². The van der Waals surface area contributed by atoms with Gasteiger partial charge in [0.15, 0.2) is 0 Å². The number of benzene rings is 1. The van der Waals surface area contributed by atoms with Gasteiger partial charge < -0.3 is 0 Å². The summed E-state index contributed by atoms with van der Waals surface area (Å²) in [6.45, 7) is 4.70. The molecule has 0 unspecified atom stereocenters. The molecule has 3 heterocycles. The van der Waals surface area contributed by atoms with Crippen molar-refractivity contribution in [3.05, 3.63) is 74.5 Å². The van der Waals surface area contributed by atoms with Crippen molar-refractivity contribution >= 4 is 32.9 Å². The highest BCUT2D eigenvalue weighted by Crippen LogP contribution is 2.34. The molecular weight excluding hydrogens is 336 g/mol. The minimum Gasteiger partial charge on any atom is -0.294 e. The van der Waals surface area contributed by atoms with E-state index in [0.717, 1.165) is 26.2 Å². The maximum absolute atomic E-state index is 13.0. The summed E-state index contributed by atoms with van der Waals surface area (Å²) in [4.78, 5) is 20.7. The molecule has 0 radical (unpaired) electrons. The molecule has 3 aromatic heterocycles. The number of rotatable bonds is 3. The van der Waals surface area contributed by atoms with Crippen molar-refractivity contribution in [2.45, 2.75) is 20.4 Å². The Bertz CT molecular complexity index is 1090. The van der Waals surface area contributed by atoms with Crippen molar-refractivity contribution in [3.8, 4) is 10.4 Å². The molecule has 4 aromatic rings. The average Bonchev–Trinajstić information content (AvgIpc) is 3.18. The van der Waals surface area contributed by atoms with E-state index in [-0.39, 0.29) is 5.56 Å². The number of thiophene rings is 2. The monoisotopic (exact) mass is 352 g/mol. The third-order valence-corrected chi connectivity index (χ3v) is 6.09. The number of hydrogen-bond acceptors (Lipinski definition) is 4. The van der Waals surface area contributed by atoms with Gasteiger partial charge in [-0.2, -0.15) is 0 Å². The van der Waals surface area contributed by atoms with Gasteiger partial charge in [-0.3, -0.25) is 9.36 Å². The Morgan fingerprint density at radius 3 is 2.71 bits per heavy atom. The molecular formula is C19H16N2OS2. The highest BCUT2D eigenvalue weighted by molar-refractivity contribution is 7.19. The second-order valence-electron chi connectivity index (χ2n) is 5.84. The van der Waals surface area contributed by atoms with Gasteiger partial charge in [0, 0.05) is 20.7 Å². The van der Waals surface area contributed by atoms with Crippen molar-refractivity contribution in [1.82, 2.24) is 9.55 Å². The Morgan fingerprint density at radius 2 is 1.96 bits per heavy atom. The van der Waals surface area contributed by atoms with Gasteiger partial charge in [0.2, 0.25) is 0 Å². The zero-order valence-electron chi connectivity index (χ0n) is 13.4. The molecule has 0 N–H and O–H groups in total. The molecule has 0 bridgehead atoms. The molecule has 24 heavy (non-hydrogen) atoms. The second kappa shape index (κ2) is 6.00. The van der Waals surface area contributed by atoms with Crippen LogP contribution >= 0.6 is 22.7 Å². The van der Waals surface area contributed by atoms with E-state index < -0.39 is 0 Å². The summed E-state index contributed by atoms with van der Waals surface area (Å²) in [5.74, 6) is 0. The predicted molar refractivity (Wildman–Crippen MR) is 102 cm³/mol. The highest BCUT2D eigenvalue weighted by atomic mass is 32.1. The molecule has 5 heteroatoms. The Labute approximate surface area is 147 Å². The summed E-state index contributed by atoms with van der Waals surface area (Å²) >= 11 is 3.24. The molecule has 3 nitrogen and oxygen atoms in total. The number of nitrogens with zero attached hydrogens (tertiary/aromatic N) is 2. The summed E-state index contributed by atoms with van der Waals surface area (Å²) in [5, 5.41) is 2.78. The molecule has 1 aromatic carbocycles. The van der Waals surface area contributed by atoms with Gasteiger partial charge in [0.05, 0.1) is 18.3 Å². The van der Waals surface area contributed by atoms with Crippen LogP contribution in [0.15, 0.2) is 52.9 Å². The molecule has 0 aliphatic rings. The number of aryl methyl sites for hydroxylation is 2. The van der Waals surface area contributed by atoms with Gasteiger partial charge in [-0.15, -0.1) is 22.7 Å². The van der Waals surface area contributed by atoms with Crippen LogP contribution < -0.4 is 5.56 Å². The third-order valence-electron chi connectivity index (χ3n) is 4.17. The van der Waals surface area contributed by atoms with Crippen LogP contribution in [0.5, 0.6) is 0 Å². The van der Waals surface area contributed by atoms with Crippen LogP contribution in [0.1, 0.15) is 16.0 Å². The van der Waals surface area contributed by atoms with E-state index >= 15 is 0 Å². The first-order valence-electron chi connectivity index (χ1n) is 7.71. The Kier molecular flexibility index (Phi) is 3.82. The maximum atomic E-state index is 13.0. The van der Waals surface area contributed by atoms with Crippen molar-refractivity contribution in [1.29, 1.82) is 0 Å². The lowest BCUT2D eigenvalue weighted by Crippen LogP contribution is -2.21. The Morgan fingerprint density at radius 1 is 1.12 bits per heavy atom. The Hall–Kier alpha value is -2.24. The van der Waals surface area contributed by atoms with Crippen LogP contribution in [0.4, 0.5) is 0 Å². The van der Waals surface area contributed by atoms with Crippen molar-refractivity contribution < 1.29 is 0 Å². The lowest BCUT2D eigenvalue weighted by molar-refractivity contribution is 0.745. The summed E-state index contributed by atoms with van der Waals surface area (Å²) < 4.78 is 1.71. The zero-order valence-corrected chi connectivity index (χ0v) is 15.1. The van der Waals surface area contributed by atoms with E-state index in [2.05, 4.69) is 43.1 Å².